The molecule has 0 aliphatic rings. The predicted octanol–water partition coefficient (Wildman–Crippen LogP) is -0.880. The summed E-state index contributed by atoms with van der Waals surface area (Å²) >= 11 is 3.96. The van der Waals surface area contributed by atoms with Crippen molar-refractivity contribution < 1.29 is 24.3 Å². The Balaban J connectivity index is 2.15. The number of aromatic amines is 1. The number of hydrogen-bond donors (Lipinski definition) is 8. The Morgan fingerprint density at radius 2 is 1.59 bits per heavy atom. The Morgan fingerprint density at radius 1 is 0.946 bits per heavy atom. The molecule has 4 unspecified atom stereocenters. The minimum atomic E-state index is -1.24. The van der Waals surface area contributed by atoms with Gasteiger partial charge < -0.3 is 37.5 Å². The lowest BCUT2D eigenvalue weighted by Crippen LogP contribution is -2.58. The fourth-order valence-electron chi connectivity index (χ4n) is 3.56. The molecule has 0 radical (unpaired) electrons. The summed E-state index contributed by atoms with van der Waals surface area (Å²) in [6, 6.07) is 4.99. The zero-order chi connectivity index (χ0) is 27.2. The third-order valence-corrected chi connectivity index (χ3v) is 5.99. The van der Waals surface area contributed by atoms with Gasteiger partial charge in [0.25, 0.3) is 0 Å². The van der Waals surface area contributed by atoms with Gasteiger partial charge in [-0.15, -0.1) is 0 Å². The van der Waals surface area contributed by atoms with Crippen LogP contribution in [0.15, 0.2) is 42.9 Å². The SMILES string of the molecule is NCCCCC(NC(=O)C(Cc1cnc[nH]1)NC(=O)C(N)Cc1ccccc1)C(=O)NC(CS)C(=O)O. The number of nitrogens with zero attached hydrogens (tertiary/aromatic N) is 1. The largest absolute Gasteiger partial charge is 0.480 e. The highest BCUT2D eigenvalue weighted by Crippen LogP contribution is 2.07. The van der Waals surface area contributed by atoms with Gasteiger partial charge in [-0.2, -0.15) is 12.6 Å². The van der Waals surface area contributed by atoms with E-state index in [-0.39, 0.29) is 25.0 Å². The molecule has 13 heteroatoms. The molecular weight excluding hydrogens is 498 g/mol. The molecule has 4 atom stereocenters. The molecule has 0 aliphatic carbocycles. The van der Waals surface area contributed by atoms with Crippen molar-refractivity contribution in [3.05, 3.63) is 54.1 Å². The van der Waals surface area contributed by atoms with Gasteiger partial charge in [0.05, 0.1) is 12.4 Å². The monoisotopic (exact) mass is 533 g/mol. The lowest BCUT2D eigenvalue weighted by molar-refractivity contribution is -0.141. The molecule has 12 nitrogen and oxygen atoms in total. The van der Waals surface area contributed by atoms with Gasteiger partial charge in [0.15, 0.2) is 0 Å². The standard InChI is InChI=1S/C24H35N7O5S/c25-9-5-4-8-18(22(33)31-20(13-37)24(35)36)29-23(34)19(11-16-12-27-14-28-16)30-21(32)17(26)10-15-6-2-1-3-7-15/h1-3,6-7,12,14,17-20,37H,4-5,8-11,13,25-26H2,(H,27,28)(H,29,34)(H,30,32)(H,31,33)(H,35,36). The van der Waals surface area contributed by atoms with Gasteiger partial charge >= 0.3 is 5.97 Å². The second-order valence-electron chi connectivity index (χ2n) is 8.57. The molecule has 0 saturated heterocycles. The van der Waals surface area contributed by atoms with Gasteiger partial charge in [-0.1, -0.05) is 30.3 Å². The minimum absolute atomic E-state index is 0.0706. The second kappa shape index (κ2) is 15.6. The number of thiol groups is 1. The Bertz CT molecular complexity index is 1010. The maximum atomic E-state index is 13.3. The van der Waals surface area contributed by atoms with Crippen molar-refractivity contribution in [2.45, 2.75) is 56.3 Å². The van der Waals surface area contributed by atoms with Crippen LogP contribution in [-0.2, 0) is 32.0 Å². The number of amides is 3. The number of aliphatic carboxylic acids is 1. The maximum Gasteiger partial charge on any atom is 0.327 e. The van der Waals surface area contributed by atoms with E-state index >= 15 is 0 Å². The Morgan fingerprint density at radius 3 is 2.19 bits per heavy atom. The first-order valence-electron chi connectivity index (χ1n) is 12.0. The molecule has 9 N–H and O–H groups in total. The number of carbonyl (C=O) groups excluding carboxylic acids is 3. The van der Waals surface area contributed by atoms with Gasteiger partial charge in [0.2, 0.25) is 17.7 Å². The molecule has 0 fully saturated rings. The van der Waals surface area contributed by atoms with Crippen molar-refractivity contribution in [2.75, 3.05) is 12.3 Å². The molecule has 2 rings (SSSR count). The molecule has 0 bridgehead atoms. The number of nitrogens with one attached hydrogen (secondary N) is 4. The lowest BCUT2D eigenvalue weighted by Gasteiger charge is -2.25. The van der Waals surface area contributed by atoms with Crippen LogP contribution in [0.3, 0.4) is 0 Å². The highest BCUT2D eigenvalue weighted by Gasteiger charge is 2.30. The summed E-state index contributed by atoms with van der Waals surface area (Å²) in [4.78, 5) is 57.2. The van der Waals surface area contributed by atoms with Crippen LogP contribution in [0.1, 0.15) is 30.5 Å². The van der Waals surface area contributed by atoms with Crippen molar-refractivity contribution in [3.63, 3.8) is 0 Å². The molecule has 1 heterocycles. The van der Waals surface area contributed by atoms with E-state index in [4.69, 9.17) is 11.5 Å². The molecule has 1 aromatic heterocycles. The lowest BCUT2D eigenvalue weighted by atomic mass is 10.0. The molecule has 0 spiro atoms. The van der Waals surface area contributed by atoms with E-state index in [0.29, 0.717) is 25.1 Å². The smallest absolute Gasteiger partial charge is 0.327 e. The maximum absolute atomic E-state index is 13.3. The number of benzene rings is 1. The summed E-state index contributed by atoms with van der Waals surface area (Å²) in [6.45, 7) is 0.397. The van der Waals surface area contributed by atoms with Gasteiger partial charge in [-0.05, 0) is 37.8 Å². The van der Waals surface area contributed by atoms with Crippen LogP contribution in [0.2, 0.25) is 0 Å². The third kappa shape index (κ3) is 10.2. The van der Waals surface area contributed by atoms with Crippen LogP contribution in [0.25, 0.3) is 0 Å². The first kappa shape index (κ1) is 29.8. The quantitative estimate of drug-likeness (QED) is 0.100. The fourth-order valence-corrected chi connectivity index (χ4v) is 3.80. The molecule has 0 aliphatic heterocycles. The number of carboxylic acid groups (broad SMARTS) is 1. The number of rotatable bonds is 16. The zero-order valence-corrected chi connectivity index (χ0v) is 21.3. The van der Waals surface area contributed by atoms with Crippen LogP contribution < -0.4 is 27.4 Å². The first-order valence-corrected chi connectivity index (χ1v) is 12.6. The van der Waals surface area contributed by atoms with E-state index in [1.54, 1.807) is 0 Å². The number of hydrogen-bond acceptors (Lipinski definition) is 8. The summed E-state index contributed by atoms with van der Waals surface area (Å²) in [5.41, 5.74) is 13.1. The number of carboxylic acids is 1. The number of aromatic nitrogens is 2. The molecule has 3 amide bonds. The molecular formula is C24H35N7O5S. The molecule has 202 valence electrons. The summed E-state index contributed by atoms with van der Waals surface area (Å²) in [5, 5.41) is 17.0. The van der Waals surface area contributed by atoms with Gasteiger partial charge in [0.1, 0.15) is 18.1 Å². The highest BCUT2D eigenvalue weighted by molar-refractivity contribution is 7.80. The van der Waals surface area contributed by atoms with E-state index in [1.807, 2.05) is 30.3 Å². The number of carbonyl (C=O) groups is 4. The first-order chi connectivity index (χ1) is 17.7. The van der Waals surface area contributed by atoms with Gasteiger partial charge in [0, 0.05) is 24.1 Å². The second-order valence-corrected chi connectivity index (χ2v) is 8.93. The Kier molecular flexibility index (Phi) is 12.6. The fraction of sp³-hybridized carbons (Fsp3) is 0.458. The molecule has 1 aromatic carbocycles. The number of unbranched alkanes of at least 4 members (excludes halogenated alkanes) is 1. The predicted molar refractivity (Wildman–Crippen MR) is 141 cm³/mol. The van der Waals surface area contributed by atoms with E-state index in [2.05, 4.69) is 38.5 Å². The van der Waals surface area contributed by atoms with Crippen LogP contribution in [0, 0.1) is 0 Å². The average molecular weight is 534 g/mol. The van der Waals surface area contributed by atoms with E-state index in [9.17, 15) is 24.3 Å². The van der Waals surface area contributed by atoms with Crippen molar-refractivity contribution >= 4 is 36.3 Å². The Hall–Kier alpha value is -3.42. The van der Waals surface area contributed by atoms with E-state index < -0.39 is 47.9 Å². The van der Waals surface area contributed by atoms with E-state index in [0.717, 1.165) is 5.56 Å². The minimum Gasteiger partial charge on any atom is -0.480 e. The van der Waals surface area contributed by atoms with E-state index in [1.165, 1.54) is 12.5 Å². The molecule has 2 aromatic rings. The zero-order valence-electron chi connectivity index (χ0n) is 20.4. The van der Waals surface area contributed by atoms with Crippen molar-refractivity contribution in [3.8, 4) is 0 Å². The summed E-state index contributed by atoms with van der Waals surface area (Å²) in [7, 11) is 0. The molecule has 37 heavy (non-hydrogen) atoms. The van der Waals surface area contributed by atoms with Gasteiger partial charge in [-0.3, -0.25) is 14.4 Å². The summed E-state index contributed by atoms with van der Waals surface area (Å²) in [6.07, 6.45) is 4.67. The average Bonchev–Trinajstić information content (AvgIpc) is 3.39. The number of H-pyrrole nitrogens is 1. The normalized spacial score (nSPS) is 14.1. The summed E-state index contributed by atoms with van der Waals surface area (Å²) in [5.74, 6) is -3.19. The van der Waals surface area contributed by atoms with Crippen LogP contribution in [0.5, 0.6) is 0 Å². The van der Waals surface area contributed by atoms with Crippen molar-refractivity contribution in [1.82, 2.24) is 25.9 Å². The number of nitrogens with two attached hydrogens (primary N) is 2. The van der Waals surface area contributed by atoms with Crippen LogP contribution in [-0.4, -0.2) is 75.2 Å². The summed E-state index contributed by atoms with van der Waals surface area (Å²) < 4.78 is 0. The topological polar surface area (TPSA) is 205 Å². The third-order valence-electron chi connectivity index (χ3n) is 5.62. The number of imidazole rings is 1. The molecule has 0 saturated carbocycles. The van der Waals surface area contributed by atoms with Crippen molar-refractivity contribution in [1.29, 1.82) is 0 Å². The van der Waals surface area contributed by atoms with Gasteiger partial charge in [-0.25, -0.2) is 9.78 Å². The van der Waals surface area contributed by atoms with Crippen molar-refractivity contribution in [2.24, 2.45) is 11.5 Å². The Labute approximate surface area is 220 Å². The van der Waals surface area contributed by atoms with Crippen LogP contribution in [0.4, 0.5) is 0 Å². The van der Waals surface area contributed by atoms with Crippen LogP contribution >= 0.6 is 12.6 Å². The highest BCUT2D eigenvalue weighted by atomic mass is 32.1.